The zero-order valence-electron chi connectivity index (χ0n) is 19.3. The maximum absolute atomic E-state index is 13.2. The van der Waals surface area contributed by atoms with Crippen LogP contribution in [0.2, 0.25) is 0 Å². The lowest BCUT2D eigenvalue weighted by atomic mass is 10.0. The highest BCUT2D eigenvalue weighted by Gasteiger charge is 2.23. The van der Waals surface area contributed by atoms with Crippen molar-refractivity contribution in [1.29, 1.82) is 0 Å². The van der Waals surface area contributed by atoms with Crippen LogP contribution in [0.15, 0.2) is 47.5 Å². The number of pyridine rings is 2. The summed E-state index contributed by atoms with van der Waals surface area (Å²) in [5.74, 6) is 0.647. The minimum absolute atomic E-state index is 0.0218. The van der Waals surface area contributed by atoms with Gasteiger partial charge in [-0.05, 0) is 43.0 Å². The predicted octanol–water partition coefficient (Wildman–Crippen LogP) is 4.87. The average molecular weight is 447 g/mol. The van der Waals surface area contributed by atoms with Crippen molar-refractivity contribution in [2.75, 3.05) is 19.8 Å². The van der Waals surface area contributed by atoms with Crippen molar-refractivity contribution >= 4 is 21.9 Å². The summed E-state index contributed by atoms with van der Waals surface area (Å²) in [6.45, 7) is 4.19. The third kappa shape index (κ3) is 4.13. The summed E-state index contributed by atoms with van der Waals surface area (Å²) >= 11 is 0. The molecule has 1 aliphatic heterocycles. The third-order valence-corrected chi connectivity index (χ3v) is 6.48. The smallest absolute Gasteiger partial charge is 0.329 e. The van der Waals surface area contributed by atoms with Crippen LogP contribution in [0.5, 0.6) is 5.88 Å². The zero-order chi connectivity index (χ0) is 22.8. The molecule has 1 saturated heterocycles. The molecule has 0 radical (unpaired) electrons. The summed E-state index contributed by atoms with van der Waals surface area (Å²) in [5.41, 5.74) is 4.64. The molecule has 1 aromatic carbocycles. The molecule has 0 N–H and O–H groups in total. The lowest BCUT2D eigenvalue weighted by Gasteiger charge is -2.23. The first-order chi connectivity index (χ1) is 16.2. The topological polar surface area (TPSA) is 71.2 Å². The molecule has 1 atom stereocenters. The first-order valence-electron chi connectivity index (χ1n) is 11.8. The number of rotatable bonds is 7. The number of aryl methyl sites for hydroxylation is 1. The Hall–Kier alpha value is -3.19. The first kappa shape index (κ1) is 21.6. The van der Waals surface area contributed by atoms with Gasteiger partial charge in [0.2, 0.25) is 5.88 Å². The van der Waals surface area contributed by atoms with Gasteiger partial charge in [-0.3, -0.25) is 14.1 Å². The first-order valence-corrected chi connectivity index (χ1v) is 11.8. The highest BCUT2D eigenvalue weighted by Crippen LogP contribution is 2.31. The summed E-state index contributed by atoms with van der Waals surface area (Å²) in [4.78, 5) is 22.3. The molecule has 5 rings (SSSR count). The number of fused-ring (bicyclic) bond motifs is 3. The van der Waals surface area contributed by atoms with Gasteiger partial charge < -0.3 is 9.47 Å². The van der Waals surface area contributed by atoms with E-state index in [0.717, 1.165) is 65.4 Å². The number of aromatic nitrogens is 4. The molecule has 172 valence electrons. The number of ether oxygens (including phenoxy) is 2. The molecule has 4 aromatic rings. The molecule has 0 bridgehead atoms. The highest BCUT2D eigenvalue weighted by molar-refractivity contribution is 6.04. The van der Waals surface area contributed by atoms with Gasteiger partial charge >= 0.3 is 5.69 Å². The van der Waals surface area contributed by atoms with Gasteiger partial charge in [-0.1, -0.05) is 25.8 Å². The van der Waals surface area contributed by atoms with Gasteiger partial charge in [0, 0.05) is 36.9 Å². The van der Waals surface area contributed by atoms with Crippen LogP contribution in [0.4, 0.5) is 0 Å². The number of imidazole rings is 1. The van der Waals surface area contributed by atoms with Crippen LogP contribution in [0.25, 0.3) is 33.1 Å². The van der Waals surface area contributed by atoms with E-state index in [0.29, 0.717) is 19.1 Å². The summed E-state index contributed by atoms with van der Waals surface area (Å²) in [5, 5.41) is 0.966. The summed E-state index contributed by atoms with van der Waals surface area (Å²) in [6, 6.07) is 10.2. The highest BCUT2D eigenvalue weighted by atomic mass is 16.5. The Morgan fingerprint density at radius 1 is 1.12 bits per heavy atom. The monoisotopic (exact) mass is 446 g/mol. The summed E-state index contributed by atoms with van der Waals surface area (Å²) < 4.78 is 15.1. The third-order valence-electron chi connectivity index (χ3n) is 6.48. The van der Waals surface area contributed by atoms with Crippen LogP contribution in [0, 0.1) is 0 Å². The van der Waals surface area contributed by atoms with Gasteiger partial charge in [0.05, 0.1) is 42.0 Å². The van der Waals surface area contributed by atoms with Crippen LogP contribution in [0.3, 0.4) is 0 Å². The molecule has 3 aromatic heterocycles. The fourth-order valence-corrected chi connectivity index (χ4v) is 4.64. The van der Waals surface area contributed by atoms with E-state index in [2.05, 4.69) is 29.0 Å². The molecule has 7 nitrogen and oxygen atoms in total. The Kier molecular flexibility index (Phi) is 6.13. The molecule has 33 heavy (non-hydrogen) atoms. The van der Waals surface area contributed by atoms with Crippen molar-refractivity contribution in [3.63, 3.8) is 0 Å². The van der Waals surface area contributed by atoms with Gasteiger partial charge in [0.1, 0.15) is 0 Å². The van der Waals surface area contributed by atoms with E-state index in [1.165, 1.54) is 6.42 Å². The minimum Gasteiger partial charge on any atom is -0.478 e. The van der Waals surface area contributed by atoms with Crippen molar-refractivity contribution in [2.45, 2.75) is 45.1 Å². The Labute approximate surface area is 193 Å². The fourth-order valence-electron chi connectivity index (χ4n) is 4.64. The number of hydrogen-bond acceptors (Lipinski definition) is 5. The lowest BCUT2D eigenvalue weighted by molar-refractivity contribution is 0.0593. The van der Waals surface area contributed by atoms with Gasteiger partial charge in [0.15, 0.2) is 0 Å². The molecule has 4 heterocycles. The largest absolute Gasteiger partial charge is 0.478 e. The van der Waals surface area contributed by atoms with Crippen LogP contribution in [-0.4, -0.2) is 38.9 Å². The molecule has 1 unspecified atom stereocenters. The van der Waals surface area contributed by atoms with Crippen LogP contribution < -0.4 is 10.4 Å². The van der Waals surface area contributed by atoms with E-state index < -0.39 is 0 Å². The summed E-state index contributed by atoms with van der Waals surface area (Å²) in [6.07, 6.45) is 8.91. The van der Waals surface area contributed by atoms with Gasteiger partial charge in [0.25, 0.3) is 0 Å². The molecule has 7 heteroatoms. The SMILES string of the molecule is CCCCCOc1ccc(-c2ccc3ncc4c(c3c2)n(C2CCCOC2)c(=O)n4C)cn1. The molecule has 0 spiro atoms. The molecule has 0 amide bonds. The second kappa shape index (κ2) is 9.35. The molecular weight excluding hydrogens is 416 g/mol. The van der Waals surface area contributed by atoms with Crippen molar-refractivity contribution in [2.24, 2.45) is 7.05 Å². The standard InChI is InChI=1S/C26H30N4O3/c1-3-4-5-13-33-24-11-9-19(15-28-24)18-8-10-22-21(14-18)25-23(16-27-22)29(2)26(31)30(25)20-7-6-12-32-17-20/h8-11,14-16,20H,3-7,12-13,17H2,1-2H3. The molecule has 1 aliphatic rings. The number of unbranched alkanes of at least 4 members (excludes halogenated alkanes) is 2. The zero-order valence-corrected chi connectivity index (χ0v) is 19.3. The van der Waals surface area contributed by atoms with E-state index in [-0.39, 0.29) is 11.7 Å². The molecule has 0 aliphatic carbocycles. The number of nitrogens with zero attached hydrogens (tertiary/aromatic N) is 4. The summed E-state index contributed by atoms with van der Waals surface area (Å²) in [7, 11) is 1.81. The fraction of sp³-hybridized carbons (Fsp3) is 0.423. The average Bonchev–Trinajstić information content (AvgIpc) is 3.13. The van der Waals surface area contributed by atoms with Crippen molar-refractivity contribution in [1.82, 2.24) is 19.1 Å². The minimum atomic E-state index is -0.0218. The second-order valence-corrected chi connectivity index (χ2v) is 8.75. The van der Waals surface area contributed by atoms with E-state index >= 15 is 0 Å². The van der Waals surface area contributed by atoms with E-state index in [9.17, 15) is 4.79 Å². The molecular formula is C26H30N4O3. The number of benzene rings is 1. The lowest BCUT2D eigenvalue weighted by Crippen LogP contribution is -2.31. The molecule has 1 fully saturated rings. The van der Waals surface area contributed by atoms with E-state index in [1.54, 1.807) is 10.8 Å². The second-order valence-electron chi connectivity index (χ2n) is 8.75. The van der Waals surface area contributed by atoms with Crippen LogP contribution in [-0.2, 0) is 11.8 Å². The Morgan fingerprint density at radius 2 is 2.00 bits per heavy atom. The van der Waals surface area contributed by atoms with Crippen molar-refractivity contribution in [3.05, 3.63) is 53.2 Å². The Morgan fingerprint density at radius 3 is 2.76 bits per heavy atom. The predicted molar refractivity (Wildman–Crippen MR) is 130 cm³/mol. The van der Waals surface area contributed by atoms with Gasteiger partial charge in [-0.25, -0.2) is 9.78 Å². The van der Waals surface area contributed by atoms with Crippen LogP contribution >= 0.6 is 0 Å². The quantitative estimate of drug-likeness (QED) is 0.379. The van der Waals surface area contributed by atoms with E-state index in [1.807, 2.05) is 36.0 Å². The van der Waals surface area contributed by atoms with E-state index in [4.69, 9.17) is 9.47 Å². The Balaban J connectivity index is 1.55. The maximum Gasteiger partial charge on any atom is 0.329 e. The normalized spacial score (nSPS) is 16.5. The Bertz CT molecular complexity index is 1320. The van der Waals surface area contributed by atoms with Crippen molar-refractivity contribution in [3.8, 4) is 17.0 Å². The van der Waals surface area contributed by atoms with Gasteiger partial charge in [-0.15, -0.1) is 0 Å². The maximum atomic E-state index is 13.2. The molecule has 0 saturated carbocycles. The van der Waals surface area contributed by atoms with Gasteiger partial charge in [-0.2, -0.15) is 0 Å². The number of hydrogen-bond donors (Lipinski definition) is 0. The van der Waals surface area contributed by atoms with Crippen LogP contribution in [0.1, 0.15) is 45.1 Å². The van der Waals surface area contributed by atoms with Crippen molar-refractivity contribution < 1.29 is 9.47 Å².